The minimum absolute atomic E-state index is 0.0725. The van der Waals surface area contributed by atoms with Crippen LogP contribution in [-0.2, 0) is 20.5 Å². The molecule has 4 aliphatic rings. The topological polar surface area (TPSA) is 76.7 Å². The Morgan fingerprint density at radius 3 is 2.39 bits per heavy atom. The third kappa shape index (κ3) is 5.24. The van der Waals surface area contributed by atoms with Gasteiger partial charge in [-0.05, 0) is 86.8 Å². The predicted molar refractivity (Wildman–Crippen MR) is 143 cm³/mol. The van der Waals surface area contributed by atoms with Crippen LogP contribution in [0.4, 0.5) is 0 Å². The van der Waals surface area contributed by atoms with Gasteiger partial charge in [0.2, 0.25) is 5.91 Å². The number of aryl methyl sites for hydroxylation is 1. The first-order valence-electron chi connectivity index (χ1n) is 14.0. The molecule has 2 N–H and O–H groups in total. The fourth-order valence-electron chi connectivity index (χ4n) is 6.67. The highest BCUT2D eigenvalue weighted by Gasteiger charge is 2.68. The molecule has 1 heterocycles. The number of carbonyl (C=O) groups excluding carboxylic acids is 2. The maximum Gasteiger partial charge on any atom is 0.481 e. The minimum Gasteiger partial charge on any atom is -0.404 e. The largest absolute Gasteiger partial charge is 0.481 e. The maximum atomic E-state index is 13.2. The van der Waals surface area contributed by atoms with E-state index in [9.17, 15) is 9.59 Å². The van der Waals surface area contributed by atoms with Crippen LogP contribution in [0.25, 0.3) is 0 Å². The molecule has 0 unspecified atom stereocenters. The van der Waals surface area contributed by atoms with E-state index in [0.717, 1.165) is 32.1 Å². The molecule has 5 rings (SSSR count). The number of hydrogen-bond acceptors (Lipinski definition) is 4. The van der Waals surface area contributed by atoms with Crippen molar-refractivity contribution in [1.29, 1.82) is 0 Å². The molecular formula is C29H45BN2O4. The van der Waals surface area contributed by atoms with Crippen molar-refractivity contribution < 1.29 is 18.9 Å². The molecule has 1 aromatic carbocycles. The maximum absolute atomic E-state index is 13.2. The van der Waals surface area contributed by atoms with E-state index in [2.05, 4.69) is 52.2 Å². The van der Waals surface area contributed by atoms with Crippen molar-refractivity contribution in [2.75, 3.05) is 0 Å². The lowest BCUT2D eigenvalue weighted by Crippen LogP contribution is -2.65. The molecule has 1 aliphatic heterocycles. The molecule has 3 saturated carbocycles. The van der Waals surface area contributed by atoms with Crippen molar-refractivity contribution in [3.05, 3.63) is 35.4 Å². The van der Waals surface area contributed by atoms with Gasteiger partial charge in [-0.2, -0.15) is 0 Å². The summed E-state index contributed by atoms with van der Waals surface area (Å²) in [5, 5.41) is 6.01. The third-order valence-corrected chi connectivity index (χ3v) is 9.13. The lowest BCUT2D eigenvalue weighted by Gasteiger charge is -2.64. The van der Waals surface area contributed by atoms with Crippen molar-refractivity contribution in [2.24, 2.45) is 23.2 Å². The van der Waals surface area contributed by atoms with Gasteiger partial charge in [0.25, 0.3) is 5.91 Å². The minimum atomic E-state index is -0.669. The summed E-state index contributed by atoms with van der Waals surface area (Å²) in [6, 6.07) is 6.99. The summed E-state index contributed by atoms with van der Waals surface area (Å²) in [7, 11) is -0.472. The van der Waals surface area contributed by atoms with Crippen LogP contribution in [0.1, 0.15) is 96.5 Å². The van der Waals surface area contributed by atoms with E-state index in [1.807, 2.05) is 24.3 Å². The standard InChI is InChI=1S/C29H45BN2O4/c1-8-9-10-20-11-13-21(14-12-20)27(34)31-19(4)26(33)32-25(15-18(2)3)30-35-24-17-22-16-23(28(22,5)6)29(24,7)36-30/h11-14,18-19,22-25H,8-10,15-17H2,1-7H3,(H,31,34)(H,32,33)/t19-,22-,23-,24+,25-,29-/m0/s1. The van der Waals surface area contributed by atoms with Crippen LogP contribution >= 0.6 is 0 Å². The molecule has 198 valence electrons. The van der Waals surface area contributed by atoms with E-state index in [0.29, 0.717) is 23.3 Å². The first-order valence-corrected chi connectivity index (χ1v) is 14.0. The number of amides is 2. The first-order chi connectivity index (χ1) is 17.0. The van der Waals surface area contributed by atoms with Gasteiger partial charge in [-0.3, -0.25) is 9.59 Å². The zero-order chi connectivity index (χ0) is 26.3. The van der Waals surface area contributed by atoms with Crippen molar-refractivity contribution in [3.63, 3.8) is 0 Å². The average Bonchev–Trinajstić information content (AvgIpc) is 3.19. The molecule has 2 amide bonds. The SMILES string of the molecule is CCCCc1ccc(C(=O)N[C@@H](C)C(=O)N[C@@H](CC(C)C)B2O[C@@H]3C[C@@H]4C[C@@H](C4(C)C)[C@]3(C)O2)cc1. The first kappa shape index (κ1) is 27.2. The van der Waals surface area contributed by atoms with Crippen LogP contribution in [-0.4, -0.2) is 42.6 Å². The summed E-state index contributed by atoms with van der Waals surface area (Å²) in [6.07, 6.45) is 6.32. The van der Waals surface area contributed by atoms with Gasteiger partial charge in [-0.25, -0.2) is 0 Å². The van der Waals surface area contributed by atoms with Gasteiger partial charge in [-0.1, -0.05) is 53.2 Å². The molecule has 1 saturated heterocycles. The third-order valence-electron chi connectivity index (χ3n) is 9.13. The molecule has 2 bridgehead atoms. The zero-order valence-electron chi connectivity index (χ0n) is 23.2. The van der Waals surface area contributed by atoms with E-state index in [1.54, 1.807) is 6.92 Å². The summed E-state index contributed by atoms with van der Waals surface area (Å²) >= 11 is 0. The molecule has 0 spiro atoms. The fourth-order valence-corrected chi connectivity index (χ4v) is 6.67. The van der Waals surface area contributed by atoms with Crippen LogP contribution in [0.5, 0.6) is 0 Å². The van der Waals surface area contributed by atoms with Gasteiger partial charge in [0.15, 0.2) is 0 Å². The second-order valence-corrected chi connectivity index (χ2v) is 12.6. The smallest absolute Gasteiger partial charge is 0.404 e. The van der Waals surface area contributed by atoms with E-state index in [1.165, 1.54) is 12.0 Å². The van der Waals surface area contributed by atoms with Crippen molar-refractivity contribution >= 4 is 18.9 Å². The number of nitrogens with one attached hydrogen (secondary N) is 2. The summed E-state index contributed by atoms with van der Waals surface area (Å²) in [5.41, 5.74) is 1.75. The van der Waals surface area contributed by atoms with Gasteiger partial charge in [0.1, 0.15) is 6.04 Å². The van der Waals surface area contributed by atoms with Crippen LogP contribution in [0.15, 0.2) is 24.3 Å². The normalized spacial score (nSPS) is 29.8. The average molecular weight is 497 g/mol. The zero-order valence-corrected chi connectivity index (χ0v) is 23.2. The summed E-state index contributed by atoms with van der Waals surface area (Å²) in [5.74, 6) is 0.786. The molecule has 4 fully saturated rings. The Labute approximate surface area is 217 Å². The Morgan fingerprint density at radius 1 is 1.08 bits per heavy atom. The van der Waals surface area contributed by atoms with Crippen LogP contribution < -0.4 is 10.6 Å². The van der Waals surface area contributed by atoms with Gasteiger partial charge in [-0.15, -0.1) is 0 Å². The van der Waals surface area contributed by atoms with Gasteiger partial charge >= 0.3 is 7.12 Å². The van der Waals surface area contributed by atoms with E-state index in [-0.39, 0.29) is 34.9 Å². The number of benzene rings is 1. The molecule has 7 heteroatoms. The number of hydrogen-bond donors (Lipinski definition) is 2. The van der Waals surface area contributed by atoms with E-state index >= 15 is 0 Å². The quantitative estimate of drug-likeness (QED) is 0.450. The van der Waals surface area contributed by atoms with Gasteiger partial charge < -0.3 is 19.9 Å². The van der Waals surface area contributed by atoms with Crippen molar-refractivity contribution in [1.82, 2.24) is 10.6 Å². The second kappa shape index (κ2) is 10.5. The molecule has 0 aromatic heterocycles. The highest BCUT2D eigenvalue weighted by atomic mass is 16.7. The summed E-state index contributed by atoms with van der Waals surface area (Å²) < 4.78 is 13.1. The number of carbonyl (C=O) groups is 2. The molecule has 3 aliphatic carbocycles. The molecule has 6 atom stereocenters. The van der Waals surface area contributed by atoms with Crippen LogP contribution in [0.2, 0.25) is 0 Å². The Kier molecular flexibility index (Phi) is 7.92. The van der Waals surface area contributed by atoms with Crippen molar-refractivity contribution in [2.45, 2.75) is 111 Å². The second-order valence-electron chi connectivity index (χ2n) is 12.6. The number of rotatable bonds is 10. The van der Waals surface area contributed by atoms with Crippen LogP contribution in [0, 0.1) is 23.2 Å². The van der Waals surface area contributed by atoms with E-state index in [4.69, 9.17) is 9.31 Å². The van der Waals surface area contributed by atoms with Gasteiger partial charge in [0.05, 0.1) is 17.6 Å². The summed E-state index contributed by atoms with van der Waals surface area (Å²) in [4.78, 5) is 25.9. The highest BCUT2D eigenvalue weighted by Crippen LogP contribution is 2.65. The Balaban J connectivity index is 1.37. The molecule has 1 aromatic rings. The highest BCUT2D eigenvalue weighted by molar-refractivity contribution is 6.48. The molecular weight excluding hydrogens is 451 g/mol. The van der Waals surface area contributed by atoms with E-state index < -0.39 is 13.2 Å². The Hall–Kier alpha value is -1.86. The predicted octanol–water partition coefficient (Wildman–Crippen LogP) is 4.95. The summed E-state index contributed by atoms with van der Waals surface area (Å²) in [6.45, 7) is 15.1. The fraction of sp³-hybridized carbons (Fsp3) is 0.724. The lowest BCUT2D eigenvalue weighted by atomic mass is 9.43. The Bertz CT molecular complexity index is 949. The lowest BCUT2D eigenvalue weighted by molar-refractivity contribution is -0.199. The Morgan fingerprint density at radius 2 is 1.78 bits per heavy atom. The molecule has 36 heavy (non-hydrogen) atoms. The van der Waals surface area contributed by atoms with Crippen molar-refractivity contribution in [3.8, 4) is 0 Å². The monoisotopic (exact) mass is 496 g/mol. The van der Waals surface area contributed by atoms with Gasteiger partial charge in [0, 0.05) is 5.56 Å². The molecule has 0 radical (unpaired) electrons. The molecule has 6 nitrogen and oxygen atoms in total. The number of unbranched alkanes of at least 4 members (excludes halogenated alkanes) is 1. The van der Waals surface area contributed by atoms with Crippen LogP contribution in [0.3, 0.4) is 0 Å².